The molecule has 0 amide bonds. The molecular weight excluding hydrogens is 531 g/mol. The summed E-state index contributed by atoms with van der Waals surface area (Å²) in [4.78, 5) is 11.7. The summed E-state index contributed by atoms with van der Waals surface area (Å²) in [5, 5.41) is 3.45. The van der Waals surface area contributed by atoms with Gasteiger partial charge in [0, 0.05) is 43.4 Å². The quantitative estimate of drug-likeness (QED) is 0.280. The zero-order valence-electron chi connectivity index (χ0n) is 19.6. The number of likely N-dealkylation sites (tertiary alicyclic amines) is 1. The van der Waals surface area contributed by atoms with E-state index in [1.807, 2.05) is 36.4 Å². The van der Waals surface area contributed by atoms with Crippen LogP contribution in [0.5, 0.6) is 17.4 Å². The average Bonchev–Trinajstić information content (AvgIpc) is 3.46. The Bertz CT molecular complexity index is 901. The highest BCUT2D eigenvalue weighted by atomic mass is 127. The van der Waals surface area contributed by atoms with Gasteiger partial charge in [-0.2, -0.15) is 0 Å². The van der Waals surface area contributed by atoms with Crippen LogP contribution in [0.15, 0.2) is 47.6 Å². The highest BCUT2D eigenvalue weighted by molar-refractivity contribution is 14.0. The van der Waals surface area contributed by atoms with Crippen molar-refractivity contribution in [3.05, 3.63) is 48.2 Å². The van der Waals surface area contributed by atoms with Gasteiger partial charge in [0.15, 0.2) is 5.96 Å². The van der Waals surface area contributed by atoms with E-state index in [0.29, 0.717) is 24.4 Å². The summed E-state index contributed by atoms with van der Waals surface area (Å²) < 4.78 is 17.4. The number of guanidine groups is 1. The highest BCUT2D eigenvalue weighted by Gasteiger charge is 2.42. The Balaban J connectivity index is 0.00000306. The van der Waals surface area contributed by atoms with Crippen LogP contribution in [0, 0.1) is 5.41 Å². The molecule has 8 heteroatoms. The van der Waals surface area contributed by atoms with Crippen LogP contribution in [0.4, 0.5) is 0 Å². The number of aromatic nitrogens is 1. The van der Waals surface area contributed by atoms with E-state index in [1.165, 1.54) is 0 Å². The van der Waals surface area contributed by atoms with Crippen molar-refractivity contribution in [1.82, 2.24) is 15.2 Å². The van der Waals surface area contributed by atoms with Gasteiger partial charge in [-0.1, -0.05) is 13.0 Å². The van der Waals surface area contributed by atoms with Crippen LogP contribution in [0.1, 0.15) is 38.7 Å². The van der Waals surface area contributed by atoms with E-state index in [-0.39, 0.29) is 24.0 Å². The molecule has 2 saturated heterocycles. The molecule has 2 fully saturated rings. The van der Waals surface area contributed by atoms with Crippen molar-refractivity contribution < 1.29 is 14.2 Å². The monoisotopic (exact) mass is 566 g/mol. The Labute approximate surface area is 213 Å². The molecule has 0 radical (unpaired) electrons. The molecule has 1 atom stereocenters. The predicted octanol–water partition coefficient (Wildman–Crippen LogP) is 4.86. The summed E-state index contributed by atoms with van der Waals surface area (Å²) in [6.07, 6.45) is 5.04. The van der Waals surface area contributed by atoms with Gasteiger partial charge in [0.1, 0.15) is 11.5 Å². The lowest BCUT2D eigenvalue weighted by Crippen LogP contribution is -2.41. The van der Waals surface area contributed by atoms with E-state index in [0.717, 1.165) is 75.1 Å². The summed E-state index contributed by atoms with van der Waals surface area (Å²) in [7, 11) is 0. The molecule has 0 bridgehead atoms. The van der Waals surface area contributed by atoms with E-state index in [9.17, 15) is 0 Å². The van der Waals surface area contributed by atoms with Crippen LogP contribution >= 0.6 is 24.0 Å². The molecule has 2 aliphatic rings. The van der Waals surface area contributed by atoms with Crippen molar-refractivity contribution in [2.75, 3.05) is 39.5 Å². The second kappa shape index (κ2) is 12.4. The van der Waals surface area contributed by atoms with Gasteiger partial charge in [-0.15, -0.1) is 24.0 Å². The number of hydrogen-bond acceptors (Lipinski definition) is 5. The van der Waals surface area contributed by atoms with Gasteiger partial charge in [-0.3, -0.25) is 0 Å². The van der Waals surface area contributed by atoms with Crippen LogP contribution in [-0.4, -0.2) is 55.3 Å². The average molecular weight is 566 g/mol. The molecule has 1 unspecified atom stereocenters. The van der Waals surface area contributed by atoms with Crippen molar-refractivity contribution in [2.45, 2.75) is 39.7 Å². The third-order valence-electron chi connectivity index (χ3n) is 6.02. The molecule has 4 rings (SSSR count). The van der Waals surface area contributed by atoms with E-state index >= 15 is 0 Å². The minimum absolute atomic E-state index is 0. The first-order valence-electron chi connectivity index (χ1n) is 11.7. The number of nitrogens with one attached hydrogen (secondary N) is 1. The first kappa shape index (κ1) is 25.6. The van der Waals surface area contributed by atoms with Crippen molar-refractivity contribution in [3.8, 4) is 17.4 Å². The summed E-state index contributed by atoms with van der Waals surface area (Å²) in [5.41, 5.74) is 1.25. The maximum absolute atomic E-state index is 6.08. The topological polar surface area (TPSA) is 68.2 Å². The van der Waals surface area contributed by atoms with Gasteiger partial charge >= 0.3 is 0 Å². The minimum Gasteiger partial charge on any atom is -0.494 e. The lowest BCUT2D eigenvalue weighted by Gasteiger charge is -2.25. The summed E-state index contributed by atoms with van der Waals surface area (Å²) in [6, 6.07) is 11.6. The first-order chi connectivity index (χ1) is 15.7. The molecule has 1 spiro atoms. The van der Waals surface area contributed by atoms with Crippen LogP contribution in [0.3, 0.4) is 0 Å². The highest BCUT2D eigenvalue weighted by Crippen LogP contribution is 2.38. The normalized spacial score (nSPS) is 20.1. The first-order valence-corrected chi connectivity index (χ1v) is 11.7. The second-order valence-electron chi connectivity index (χ2n) is 8.53. The minimum atomic E-state index is 0. The maximum atomic E-state index is 6.08. The van der Waals surface area contributed by atoms with Crippen LogP contribution in [-0.2, 0) is 11.3 Å². The van der Waals surface area contributed by atoms with Crippen molar-refractivity contribution >= 4 is 29.9 Å². The molecule has 2 aliphatic heterocycles. The Kier molecular flexibility index (Phi) is 9.61. The van der Waals surface area contributed by atoms with Crippen molar-refractivity contribution in [2.24, 2.45) is 10.4 Å². The molecule has 1 aromatic heterocycles. The summed E-state index contributed by atoms with van der Waals surface area (Å²) >= 11 is 0. The van der Waals surface area contributed by atoms with Crippen molar-refractivity contribution in [3.63, 3.8) is 0 Å². The van der Waals surface area contributed by atoms with Gasteiger partial charge < -0.3 is 24.4 Å². The lowest BCUT2D eigenvalue weighted by molar-refractivity contribution is 0.156. The zero-order valence-corrected chi connectivity index (χ0v) is 21.9. The fourth-order valence-corrected chi connectivity index (χ4v) is 4.24. The van der Waals surface area contributed by atoms with E-state index < -0.39 is 0 Å². The molecule has 180 valence electrons. The van der Waals surface area contributed by atoms with Gasteiger partial charge in [-0.05, 0) is 56.5 Å². The van der Waals surface area contributed by atoms with Gasteiger partial charge in [0.25, 0.3) is 0 Å². The number of ether oxygens (including phenoxy) is 3. The third kappa shape index (κ3) is 6.72. The lowest BCUT2D eigenvalue weighted by atomic mass is 9.87. The molecule has 2 aromatic rings. The van der Waals surface area contributed by atoms with Gasteiger partial charge in [-0.25, -0.2) is 9.98 Å². The molecule has 0 aliphatic carbocycles. The number of hydrogen-bond donors (Lipinski definition) is 1. The smallest absolute Gasteiger partial charge is 0.224 e. The largest absolute Gasteiger partial charge is 0.494 e. The van der Waals surface area contributed by atoms with E-state index in [1.54, 1.807) is 6.20 Å². The number of halogens is 1. The Morgan fingerprint density at radius 1 is 1.18 bits per heavy atom. The van der Waals surface area contributed by atoms with E-state index in [4.69, 9.17) is 19.2 Å². The molecular formula is C25H35IN4O3. The molecule has 0 saturated carbocycles. The van der Waals surface area contributed by atoms with Crippen LogP contribution in [0.2, 0.25) is 0 Å². The summed E-state index contributed by atoms with van der Waals surface area (Å²) in [6.45, 7) is 10.0. The van der Waals surface area contributed by atoms with Gasteiger partial charge in [0.05, 0.1) is 19.8 Å². The maximum Gasteiger partial charge on any atom is 0.224 e. The number of pyridine rings is 1. The van der Waals surface area contributed by atoms with Gasteiger partial charge in [0.2, 0.25) is 5.88 Å². The second-order valence-corrected chi connectivity index (χ2v) is 8.53. The van der Waals surface area contributed by atoms with Crippen LogP contribution in [0.25, 0.3) is 0 Å². The molecule has 7 nitrogen and oxygen atoms in total. The predicted molar refractivity (Wildman–Crippen MR) is 141 cm³/mol. The number of benzene rings is 1. The van der Waals surface area contributed by atoms with E-state index in [2.05, 4.69) is 29.0 Å². The summed E-state index contributed by atoms with van der Waals surface area (Å²) in [5.74, 6) is 3.10. The van der Waals surface area contributed by atoms with Crippen LogP contribution < -0.4 is 14.8 Å². The Morgan fingerprint density at radius 3 is 2.73 bits per heavy atom. The Morgan fingerprint density at radius 2 is 2.00 bits per heavy atom. The number of nitrogens with zero attached hydrogens (tertiary/aromatic N) is 3. The molecule has 33 heavy (non-hydrogen) atoms. The molecule has 3 heterocycles. The number of rotatable bonds is 8. The zero-order chi connectivity index (χ0) is 22.2. The molecule has 1 N–H and O–H groups in total. The fourth-order valence-electron chi connectivity index (χ4n) is 4.24. The fraction of sp³-hybridized carbons (Fsp3) is 0.520. The van der Waals surface area contributed by atoms with Crippen molar-refractivity contribution in [1.29, 1.82) is 0 Å². The third-order valence-corrected chi connectivity index (χ3v) is 6.02. The Hall–Kier alpha value is -2.07. The standard InChI is InChI=1S/C25H34N4O3.HI/c1-3-15-31-21-7-9-22(10-8-21)32-23-20(6-5-13-27-23)17-28-24(26-4-2)29-14-11-25(18-29)12-16-30-19-25;/h5-10,13H,3-4,11-12,14-19H2,1-2H3,(H,26,28);1H. The number of aliphatic imine (C=N–C) groups is 1. The SMILES string of the molecule is CCCOc1ccc(Oc2ncccc2CN=C(NCC)N2CCC3(CCOC3)C2)cc1.I. The molecule has 1 aromatic carbocycles.